The minimum atomic E-state index is -1.01. The lowest BCUT2D eigenvalue weighted by Crippen LogP contribution is -2.44. The van der Waals surface area contributed by atoms with Gasteiger partial charge >= 0.3 is 5.97 Å². The number of carbonyl (C=O) groups is 2. The number of hydrogen-bond acceptors (Lipinski definition) is 7. The summed E-state index contributed by atoms with van der Waals surface area (Å²) in [6, 6.07) is 9.01. The lowest BCUT2D eigenvalue weighted by atomic mass is 10.1. The van der Waals surface area contributed by atoms with Gasteiger partial charge in [-0.2, -0.15) is 0 Å². The molecule has 1 aliphatic heterocycles. The molecule has 0 bridgehead atoms. The van der Waals surface area contributed by atoms with E-state index in [0.717, 1.165) is 0 Å². The number of rotatable bonds is 7. The van der Waals surface area contributed by atoms with Crippen LogP contribution in [0.3, 0.4) is 0 Å². The molecule has 1 N–H and O–H groups in total. The molecule has 0 spiro atoms. The van der Waals surface area contributed by atoms with Crippen molar-refractivity contribution in [1.29, 1.82) is 0 Å². The minimum absolute atomic E-state index is 0.169. The molecule has 2 heterocycles. The number of thiazole rings is 1. The Kier molecular flexibility index (Phi) is 6.56. The molecule has 1 aliphatic rings. The second-order valence-corrected chi connectivity index (χ2v) is 6.70. The minimum Gasteiger partial charge on any atom is -0.443 e. The molecule has 1 aromatic heterocycles. The van der Waals surface area contributed by atoms with E-state index in [1.807, 2.05) is 18.2 Å². The standard InChI is InChI=1S/C19H21N3O4S/c1-2-8-20-19-21-15(13-27-19)18(24)26-16(14-6-4-3-5-7-14)17(23)22-9-11-25-12-10-22/h2-7,13,16H,1,8-12H2,(H,20,21). The fourth-order valence-electron chi connectivity index (χ4n) is 2.61. The number of morpholine rings is 1. The third-order valence-electron chi connectivity index (χ3n) is 3.99. The van der Waals surface area contributed by atoms with Gasteiger partial charge in [-0.1, -0.05) is 36.4 Å². The first kappa shape index (κ1) is 19.1. The Morgan fingerprint density at radius 3 is 2.78 bits per heavy atom. The van der Waals surface area contributed by atoms with E-state index < -0.39 is 12.1 Å². The summed E-state index contributed by atoms with van der Waals surface area (Å²) in [4.78, 5) is 31.4. The van der Waals surface area contributed by atoms with Gasteiger partial charge in [0.15, 0.2) is 10.8 Å². The number of esters is 1. The quantitative estimate of drug-likeness (QED) is 0.581. The highest BCUT2D eigenvalue weighted by Crippen LogP contribution is 2.24. The zero-order chi connectivity index (χ0) is 19.1. The van der Waals surface area contributed by atoms with Crippen molar-refractivity contribution in [3.05, 3.63) is 59.6 Å². The van der Waals surface area contributed by atoms with Crippen molar-refractivity contribution in [1.82, 2.24) is 9.88 Å². The molecular formula is C19H21N3O4S. The molecule has 0 saturated carbocycles. The third-order valence-corrected chi connectivity index (χ3v) is 4.79. The van der Waals surface area contributed by atoms with Crippen molar-refractivity contribution in [2.24, 2.45) is 0 Å². The number of anilines is 1. The van der Waals surface area contributed by atoms with Crippen molar-refractivity contribution < 1.29 is 19.1 Å². The van der Waals surface area contributed by atoms with Gasteiger partial charge in [0, 0.05) is 30.6 Å². The molecule has 142 valence electrons. The van der Waals surface area contributed by atoms with Gasteiger partial charge in [0.25, 0.3) is 5.91 Å². The van der Waals surface area contributed by atoms with Crippen LogP contribution in [0.15, 0.2) is 48.4 Å². The number of amides is 1. The number of benzene rings is 1. The highest BCUT2D eigenvalue weighted by molar-refractivity contribution is 7.13. The highest BCUT2D eigenvalue weighted by atomic mass is 32.1. The second-order valence-electron chi connectivity index (χ2n) is 5.84. The lowest BCUT2D eigenvalue weighted by molar-refractivity contribution is -0.145. The maximum Gasteiger partial charge on any atom is 0.359 e. The maximum atomic E-state index is 13.0. The smallest absolute Gasteiger partial charge is 0.359 e. The van der Waals surface area contributed by atoms with Gasteiger partial charge in [0.05, 0.1) is 13.2 Å². The molecule has 1 amide bonds. The van der Waals surface area contributed by atoms with E-state index >= 15 is 0 Å². The number of aromatic nitrogens is 1. The van der Waals surface area contributed by atoms with Crippen LogP contribution >= 0.6 is 11.3 Å². The summed E-state index contributed by atoms with van der Waals surface area (Å²) in [5.41, 5.74) is 0.796. The highest BCUT2D eigenvalue weighted by Gasteiger charge is 2.31. The summed E-state index contributed by atoms with van der Waals surface area (Å²) in [6.45, 7) is 6.08. The van der Waals surface area contributed by atoms with Crippen molar-refractivity contribution >= 4 is 28.3 Å². The van der Waals surface area contributed by atoms with Crippen molar-refractivity contribution in [2.75, 3.05) is 38.2 Å². The fraction of sp³-hybridized carbons (Fsp3) is 0.316. The predicted octanol–water partition coefficient (Wildman–Crippen LogP) is 2.50. The number of nitrogens with zero attached hydrogens (tertiary/aromatic N) is 2. The van der Waals surface area contributed by atoms with Crippen molar-refractivity contribution in [3.8, 4) is 0 Å². The Labute approximate surface area is 161 Å². The number of nitrogens with one attached hydrogen (secondary N) is 1. The first-order valence-electron chi connectivity index (χ1n) is 8.62. The molecule has 2 aromatic rings. The van der Waals surface area contributed by atoms with Gasteiger partial charge in [-0.15, -0.1) is 17.9 Å². The van der Waals surface area contributed by atoms with Crippen LogP contribution in [-0.4, -0.2) is 54.6 Å². The van der Waals surface area contributed by atoms with E-state index in [1.54, 1.807) is 28.5 Å². The first-order chi connectivity index (χ1) is 13.2. The molecule has 3 rings (SSSR count). The van der Waals surface area contributed by atoms with Gasteiger partial charge in [0.1, 0.15) is 0 Å². The van der Waals surface area contributed by atoms with Gasteiger partial charge in [0.2, 0.25) is 6.10 Å². The molecule has 1 fully saturated rings. The fourth-order valence-corrected chi connectivity index (χ4v) is 3.30. The zero-order valence-corrected chi connectivity index (χ0v) is 15.6. The van der Waals surface area contributed by atoms with E-state index in [4.69, 9.17) is 9.47 Å². The summed E-state index contributed by atoms with van der Waals surface area (Å²) in [5.74, 6) is -0.883. The maximum absolute atomic E-state index is 13.0. The van der Waals surface area contributed by atoms with Crippen LogP contribution < -0.4 is 5.32 Å². The molecule has 7 nitrogen and oxygen atoms in total. The van der Waals surface area contributed by atoms with E-state index in [1.165, 1.54) is 11.3 Å². The lowest BCUT2D eigenvalue weighted by Gasteiger charge is -2.30. The van der Waals surface area contributed by atoms with Gasteiger partial charge < -0.3 is 19.7 Å². The Morgan fingerprint density at radius 1 is 1.33 bits per heavy atom. The van der Waals surface area contributed by atoms with E-state index in [0.29, 0.717) is 43.5 Å². The SMILES string of the molecule is C=CCNc1nc(C(=O)OC(C(=O)N2CCOCC2)c2ccccc2)cs1. The van der Waals surface area contributed by atoms with Gasteiger partial charge in [-0.05, 0) is 0 Å². The Morgan fingerprint density at radius 2 is 2.07 bits per heavy atom. The average Bonchev–Trinajstić information content (AvgIpc) is 3.20. The predicted molar refractivity (Wildman–Crippen MR) is 103 cm³/mol. The first-order valence-corrected chi connectivity index (χ1v) is 9.49. The summed E-state index contributed by atoms with van der Waals surface area (Å²) in [5, 5.41) is 5.22. The van der Waals surface area contributed by atoms with Crippen LogP contribution in [0.25, 0.3) is 0 Å². The molecule has 27 heavy (non-hydrogen) atoms. The largest absolute Gasteiger partial charge is 0.443 e. The van der Waals surface area contributed by atoms with Crippen molar-refractivity contribution in [3.63, 3.8) is 0 Å². The van der Waals surface area contributed by atoms with Crippen LogP contribution in [0.2, 0.25) is 0 Å². The topological polar surface area (TPSA) is 80.8 Å². The number of hydrogen-bond donors (Lipinski definition) is 1. The molecular weight excluding hydrogens is 366 g/mol. The molecule has 0 radical (unpaired) electrons. The number of carbonyl (C=O) groups excluding carboxylic acids is 2. The Hall–Kier alpha value is -2.71. The van der Waals surface area contributed by atoms with Crippen LogP contribution in [0.4, 0.5) is 5.13 Å². The van der Waals surface area contributed by atoms with Crippen molar-refractivity contribution in [2.45, 2.75) is 6.10 Å². The van der Waals surface area contributed by atoms with E-state index in [-0.39, 0.29) is 11.6 Å². The zero-order valence-electron chi connectivity index (χ0n) is 14.8. The summed E-state index contributed by atoms with van der Waals surface area (Å²) >= 11 is 1.29. The molecule has 1 atom stereocenters. The summed E-state index contributed by atoms with van der Waals surface area (Å²) in [7, 11) is 0. The monoisotopic (exact) mass is 387 g/mol. The van der Waals surface area contributed by atoms with Crippen LogP contribution in [0.1, 0.15) is 22.2 Å². The number of ether oxygens (including phenoxy) is 2. The molecule has 0 aliphatic carbocycles. The van der Waals surface area contributed by atoms with E-state index in [2.05, 4.69) is 16.9 Å². The molecule has 1 aromatic carbocycles. The Bertz CT molecular complexity index is 787. The summed E-state index contributed by atoms with van der Waals surface area (Å²) < 4.78 is 10.9. The van der Waals surface area contributed by atoms with Gasteiger partial charge in [-0.3, -0.25) is 4.79 Å². The second kappa shape index (κ2) is 9.29. The normalized spacial score (nSPS) is 15.0. The Balaban J connectivity index is 1.76. The summed E-state index contributed by atoms with van der Waals surface area (Å²) in [6.07, 6.45) is 0.689. The van der Waals surface area contributed by atoms with Crippen LogP contribution in [0.5, 0.6) is 0 Å². The molecule has 8 heteroatoms. The molecule has 1 saturated heterocycles. The third kappa shape index (κ3) is 4.93. The van der Waals surface area contributed by atoms with Crippen LogP contribution in [0, 0.1) is 0 Å². The van der Waals surface area contributed by atoms with Crippen LogP contribution in [-0.2, 0) is 14.3 Å². The average molecular weight is 387 g/mol. The van der Waals surface area contributed by atoms with E-state index in [9.17, 15) is 9.59 Å². The van der Waals surface area contributed by atoms with Gasteiger partial charge in [-0.25, -0.2) is 9.78 Å². The molecule has 1 unspecified atom stereocenters.